The molecular weight excluding hydrogens is 328 g/mol. The monoisotopic (exact) mass is 344 g/mol. The second kappa shape index (κ2) is 5.80. The van der Waals surface area contributed by atoms with Gasteiger partial charge in [0.25, 0.3) is 0 Å². The highest BCUT2D eigenvalue weighted by Crippen LogP contribution is 2.19. The zero-order chi connectivity index (χ0) is 16.5. The lowest BCUT2D eigenvalue weighted by atomic mass is 10.1. The van der Waals surface area contributed by atoms with Crippen molar-refractivity contribution in [2.24, 2.45) is 12.2 Å². The molecular formula is C12H16N4O4S2. The number of benzene rings is 1. The van der Waals surface area contributed by atoms with Crippen LogP contribution in [0.2, 0.25) is 0 Å². The van der Waals surface area contributed by atoms with Gasteiger partial charge in [0.1, 0.15) is 4.90 Å². The van der Waals surface area contributed by atoms with Crippen LogP contribution in [-0.2, 0) is 27.1 Å². The fraction of sp³-hybridized carbons (Fsp3) is 0.250. The summed E-state index contributed by atoms with van der Waals surface area (Å²) in [5.74, 6) is 0. The fourth-order valence-electron chi connectivity index (χ4n) is 1.87. The first-order valence-corrected chi connectivity index (χ1v) is 9.26. The average molecular weight is 344 g/mol. The van der Waals surface area contributed by atoms with E-state index in [2.05, 4.69) is 9.82 Å². The van der Waals surface area contributed by atoms with Gasteiger partial charge in [-0.2, -0.15) is 5.10 Å². The standard InChI is InChI=1S/C12H16N4O4S2/c1-9(10-4-3-5-11(6-10)21(13,17)18)15-22(19,20)12-7-14-16(2)8-12/h3-9,15H,1-2H3,(H2,13,17,18). The lowest BCUT2D eigenvalue weighted by molar-refractivity contribution is 0.566. The van der Waals surface area contributed by atoms with Crippen LogP contribution in [0.4, 0.5) is 0 Å². The molecule has 0 aliphatic heterocycles. The number of hydrogen-bond acceptors (Lipinski definition) is 5. The van der Waals surface area contributed by atoms with Gasteiger partial charge in [0.05, 0.1) is 11.1 Å². The molecule has 0 radical (unpaired) electrons. The molecule has 10 heteroatoms. The Bertz CT molecular complexity index is 887. The van der Waals surface area contributed by atoms with Gasteiger partial charge in [-0.15, -0.1) is 0 Å². The van der Waals surface area contributed by atoms with Crippen molar-refractivity contribution in [3.05, 3.63) is 42.2 Å². The zero-order valence-corrected chi connectivity index (χ0v) is 13.6. The summed E-state index contributed by atoms with van der Waals surface area (Å²) in [6, 6.07) is 5.18. The maximum atomic E-state index is 12.2. The highest BCUT2D eigenvalue weighted by atomic mass is 32.2. The molecule has 0 spiro atoms. The molecule has 2 rings (SSSR count). The summed E-state index contributed by atoms with van der Waals surface area (Å²) in [5, 5.41) is 8.88. The Kier molecular flexibility index (Phi) is 4.38. The zero-order valence-electron chi connectivity index (χ0n) is 12.0. The van der Waals surface area contributed by atoms with Gasteiger partial charge in [-0.1, -0.05) is 12.1 Å². The first-order chi connectivity index (χ1) is 10.1. The van der Waals surface area contributed by atoms with Crippen LogP contribution in [0.5, 0.6) is 0 Å². The Labute approximate surface area is 129 Å². The normalized spacial score (nSPS) is 14.0. The van der Waals surface area contributed by atoms with Crippen molar-refractivity contribution in [1.82, 2.24) is 14.5 Å². The number of nitrogens with one attached hydrogen (secondary N) is 1. The van der Waals surface area contributed by atoms with E-state index in [1.54, 1.807) is 20.0 Å². The molecule has 1 aromatic carbocycles. The molecule has 0 aliphatic carbocycles. The van der Waals surface area contributed by atoms with E-state index in [0.717, 1.165) is 0 Å². The Morgan fingerprint density at radius 1 is 1.23 bits per heavy atom. The van der Waals surface area contributed by atoms with Gasteiger partial charge in [-0.05, 0) is 24.6 Å². The van der Waals surface area contributed by atoms with Gasteiger partial charge in [0, 0.05) is 19.3 Å². The van der Waals surface area contributed by atoms with Gasteiger partial charge in [-0.3, -0.25) is 4.68 Å². The van der Waals surface area contributed by atoms with E-state index in [0.29, 0.717) is 5.56 Å². The van der Waals surface area contributed by atoms with Crippen molar-refractivity contribution in [2.45, 2.75) is 22.8 Å². The molecule has 0 saturated heterocycles. The minimum absolute atomic E-state index is 0.0319. The van der Waals surface area contributed by atoms with E-state index in [4.69, 9.17) is 5.14 Å². The molecule has 0 aliphatic rings. The van der Waals surface area contributed by atoms with Gasteiger partial charge < -0.3 is 0 Å². The van der Waals surface area contributed by atoms with E-state index in [9.17, 15) is 16.8 Å². The summed E-state index contributed by atoms with van der Waals surface area (Å²) in [6.45, 7) is 1.61. The van der Waals surface area contributed by atoms with Gasteiger partial charge in [0.2, 0.25) is 20.0 Å². The topological polar surface area (TPSA) is 124 Å². The number of hydrogen-bond donors (Lipinski definition) is 2. The van der Waals surface area contributed by atoms with E-state index in [-0.39, 0.29) is 9.79 Å². The Balaban J connectivity index is 2.28. The predicted octanol–water partition coefficient (Wildman–Crippen LogP) is 0.107. The van der Waals surface area contributed by atoms with Crippen LogP contribution in [0.25, 0.3) is 0 Å². The fourth-order valence-corrected chi connectivity index (χ4v) is 3.65. The van der Waals surface area contributed by atoms with Crippen LogP contribution < -0.4 is 9.86 Å². The molecule has 0 fully saturated rings. The van der Waals surface area contributed by atoms with E-state index in [1.807, 2.05) is 0 Å². The van der Waals surface area contributed by atoms with Crippen molar-refractivity contribution in [3.63, 3.8) is 0 Å². The second-order valence-electron chi connectivity index (χ2n) is 4.81. The summed E-state index contributed by atoms with van der Waals surface area (Å²) in [6.07, 6.45) is 2.60. The number of nitrogens with two attached hydrogens (primary N) is 1. The average Bonchev–Trinajstić information content (AvgIpc) is 2.85. The van der Waals surface area contributed by atoms with Gasteiger partial charge in [-0.25, -0.2) is 26.7 Å². The summed E-state index contributed by atoms with van der Waals surface area (Å²) in [4.78, 5) is -0.0399. The molecule has 3 N–H and O–H groups in total. The molecule has 1 aromatic heterocycles. The number of rotatable bonds is 5. The SMILES string of the molecule is CC(NS(=O)(=O)c1cnn(C)c1)c1cccc(S(N)(=O)=O)c1. The van der Waals surface area contributed by atoms with Crippen LogP contribution in [0.15, 0.2) is 46.5 Å². The summed E-state index contributed by atoms with van der Waals surface area (Å²) in [7, 11) is -5.98. The van der Waals surface area contributed by atoms with Crippen molar-refractivity contribution >= 4 is 20.0 Å². The maximum Gasteiger partial charge on any atom is 0.244 e. The third-order valence-corrected chi connectivity index (χ3v) is 5.42. The molecule has 1 atom stereocenters. The molecule has 22 heavy (non-hydrogen) atoms. The molecule has 2 aromatic rings. The number of sulfonamides is 2. The number of primary sulfonamides is 1. The molecule has 8 nitrogen and oxygen atoms in total. The van der Waals surface area contributed by atoms with Crippen molar-refractivity contribution in [3.8, 4) is 0 Å². The smallest absolute Gasteiger partial charge is 0.244 e. The Hall–Kier alpha value is -1.75. The third-order valence-electron chi connectivity index (χ3n) is 3.01. The number of nitrogens with zero attached hydrogens (tertiary/aromatic N) is 2. The van der Waals surface area contributed by atoms with Crippen LogP contribution in [-0.4, -0.2) is 26.6 Å². The predicted molar refractivity (Wildman–Crippen MR) is 79.8 cm³/mol. The highest BCUT2D eigenvalue weighted by molar-refractivity contribution is 7.89. The van der Waals surface area contributed by atoms with Crippen LogP contribution in [0, 0.1) is 0 Å². The molecule has 0 amide bonds. The molecule has 120 valence electrons. The number of aromatic nitrogens is 2. The molecule has 0 bridgehead atoms. The van der Waals surface area contributed by atoms with Crippen molar-refractivity contribution in [1.29, 1.82) is 0 Å². The summed E-state index contributed by atoms with van der Waals surface area (Å²) < 4.78 is 50.9. The van der Waals surface area contributed by atoms with Crippen LogP contribution in [0.3, 0.4) is 0 Å². The van der Waals surface area contributed by atoms with E-state index in [1.165, 1.54) is 35.3 Å². The van der Waals surface area contributed by atoms with E-state index < -0.39 is 26.1 Å². The largest absolute Gasteiger partial charge is 0.274 e. The quantitative estimate of drug-likeness (QED) is 0.796. The Morgan fingerprint density at radius 2 is 1.91 bits per heavy atom. The van der Waals surface area contributed by atoms with Crippen molar-refractivity contribution < 1.29 is 16.8 Å². The maximum absolute atomic E-state index is 12.2. The molecule has 0 saturated carbocycles. The Morgan fingerprint density at radius 3 is 2.45 bits per heavy atom. The highest BCUT2D eigenvalue weighted by Gasteiger charge is 2.20. The van der Waals surface area contributed by atoms with Crippen LogP contribution >= 0.6 is 0 Å². The molecule has 1 heterocycles. The summed E-state index contributed by atoms with van der Waals surface area (Å²) >= 11 is 0. The first-order valence-electron chi connectivity index (χ1n) is 6.23. The summed E-state index contributed by atoms with van der Waals surface area (Å²) in [5.41, 5.74) is 0.485. The lowest BCUT2D eigenvalue weighted by Gasteiger charge is -2.14. The van der Waals surface area contributed by atoms with Crippen molar-refractivity contribution in [2.75, 3.05) is 0 Å². The lowest BCUT2D eigenvalue weighted by Crippen LogP contribution is -2.27. The molecule has 1 unspecified atom stereocenters. The number of aryl methyl sites for hydroxylation is 1. The van der Waals surface area contributed by atoms with Gasteiger partial charge in [0.15, 0.2) is 0 Å². The van der Waals surface area contributed by atoms with E-state index >= 15 is 0 Å². The third kappa shape index (κ3) is 3.71. The van der Waals surface area contributed by atoms with Gasteiger partial charge >= 0.3 is 0 Å². The minimum Gasteiger partial charge on any atom is -0.274 e. The van der Waals surface area contributed by atoms with Crippen LogP contribution in [0.1, 0.15) is 18.5 Å². The minimum atomic E-state index is -3.84. The first kappa shape index (κ1) is 16.6. The second-order valence-corrected chi connectivity index (χ2v) is 8.09.